The van der Waals surface area contributed by atoms with E-state index in [0.717, 1.165) is 29.2 Å². The van der Waals surface area contributed by atoms with Crippen LogP contribution in [0.1, 0.15) is 18.9 Å². The molecule has 0 aromatic heterocycles. The predicted molar refractivity (Wildman–Crippen MR) is 82.5 cm³/mol. The summed E-state index contributed by atoms with van der Waals surface area (Å²) in [6, 6.07) is 6.20. The summed E-state index contributed by atoms with van der Waals surface area (Å²) >= 11 is 7.30. The second-order valence-electron chi connectivity index (χ2n) is 4.97. The Labute approximate surface area is 126 Å². The summed E-state index contributed by atoms with van der Waals surface area (Å²) in [4.78, 5) is 3.09. The Morgan fingerprint density at radius 3 is 2.89 bits per heavy atom. The van der Waals surface area contributed by atoms with Crippen molar-refractivity contribution in [2.24, 2.45) is 5.92 Å². The molecule has 1 aromatic rings. The monoisotopic (exact) mass is 375 g/mol. The average molecular weight is 377 g/mol. The largest absolute Gasteiger partial charge is 0.496 e. The van der Waals surface area contributed by atoms with Crippen LogP contribution in [-0.4, -0.2) is 29.9 Å². The zero-order valence-electron chi connectivity index (χ0n) is 10.8. The molecule has 0 spiro atoms. The highest BCUT2D eigenvalue weighted by Gasteiger charge is 2.24. The van der Waals surface area contributed by atoms with Crippen LogP contribution in [0.3, 0.4) is 0 Å². The molecule has 2 nitrogen and oxygen atoms in total. The molecule has 1 heterocycles. The van der Waals surface area contributed by atoms with E-state index in [1.54, 1.807) is 7.11 Å². The molecule has 0 aliphatic carbocycles. The predicted octanol–water partition coefficient (Wildman–Crippen LogP) is 4.06. The fourth-order valence-corrected chi connectivity index (χ4v) is 3.42. The van der Waals surface area contributed by atoms with Crippen LogP contribution in [0.2, 0.25) is 0 Å². The molecule has 0 amide bonds. The van der Waals surface area contributed by atoms with Crippen LogP contribution < -0.4 is 4.74 Å². The lowest BCUT2D eigenvalue weighted by molar-refractivity contribution is 0.192. The smallest absolute Gasteiger partial charge is 0.123 e. The maximum atomic E-state index is 5.43. The van der Waals surface area contributed by atoms with Gasteiger partial charge in [0.1, 0.15) is 5.75 Å². The van der Waals surface area contributed by atoms with Gasteiger partial charge in [0.15, 0.2) is 0 Å². The number of likely N-dealkylation sites (tertiary alicyclic amines) is 1. The molecule has 100 valence electrons. The van der Waals surface area contributed by atoms with Gasteiger partial charge in [0.05, 0.1) is 7.11 Å². The maximum Gasteiger partial charge on any atom is 0.123 e. The number of nitrogens with zero attached hydrogens (tertiary/aromatic N) is 1. The fourth-order valence-electron chi connectivity index (χ4n) is 2.34. The van der Waals surface area contributed by atoms with E-state index in [2.05, 4.69) is 49.7 Å². The van der Waals surface area contributed by atoms with Crippen LogP contribution >= 0.6 is 31.9 Å². The van der Waals surface area contributed by atoms with E-state index in [0.29, 0.717) is 4.83 Å². The summed E-state index contributed by atoms with van der Waals surface area (Å²) in [5, 5.41) is 0. The van der Waals surface area contributed by atoms with Crippen molar-refractivity contribution in [3.63, 3.8) is 0 Å². The minimum Gasteiger partial charge on any atom is -0.496 e. The van der Waals surface area contributed by atoms with Crippen LogP contribution in [0, 0.1) is 5.92 Å². The van der Waals surface area contributed by atoms with Gasteiger partial charge >= 0.3 is 0 Å². The molecule has 0 N–H and O–H groups in total. The molecule has 4 heteroatoms. The summed E-state index contributed by atoms with van der Waals surface area (Å²) < 4.78 is 6.54. The number of methoxy groups -OCH3 is 1. The Bertz CT molecular complexity index is 411. The molecule has 18 heavy (non-hydrogen) atoms. The highest BCUT2D eigenvalue weighted by molar-refractivity contribution is 9.10. The van der Waals surface area contributed by atoms with Gasteiger partial charge in [-0.1, -0.05) is 38.8 Å². The Balaban J connectivity index is 2.07. The van der Waals surface area contributed by atoms with Crippen molar-refractivity contribution in [1.82, 2.24) is 4.90 Å². The summed E-state index contributed by atoms with van der Waals surface area (Å²) in [7, 11) is 1.73. The van der Waals surface area contributed by atoms with Gasteiger partial charge in [-0.15, -0.1) is 0 Å². The summed E-state index contributed by atoms with van der Waals surface area (Å²) in [5.74, 6) is 1.74. The second kappa shape index (κ2) is 6.40. The molecule has 1 aliphatic heterocycles. The topological polar surface area (TPSA) is 12.5 Å². The lowest BCUT2D eigenvalue weighted by Crippen LogP contribution is -2.39. The fraction of sp³-hybridized carbons (Fsp3) is 0.571. The van der Waals surface area contributed by atoms with Crippen LogP contribution in [0.5, 0.6) is 5.75 Å². The molecule has 1 fully saturated rings. The Morgan fingerprint density at radius 2 is 2.22 bits per heavy atom. The number of hydrogen-bond donors (Lipinski definition) is 0. The molecule has 2 atom stereocenters. The SMILES string of the molecule is COc1ccc(Br)cc1CN1CCC(C)C(Br)C1. The third kappa shape index (κ3) is 3.49. The number of piperidine rings is 1. The normalized spacial score (nSPS) is 25.1. The standard InChI is InChI=1S/C14H19Br2NO/c1-10-5-6-17(9-13(10)16)8-11-7-12(15)3-4-14(11)18-2/h3-4,7,10,13H,5-6,8-9H2,1-2H3. The van der Waals surface area contributed by atoms with Crippen LogP contribution in [0.25, 0.3) is 0 Å². The molecular formula is C14H19Br2NO. The molecule has 1 aliphatic rings. The Morgan fingerprint density at radius 1 is 1.44 bits per heavy atom. The summed E-state index contributed by atoms with van der Waals surface area (Å²) in [5.41, 5.74) is 1.25. The van der Waals surface area contributed by atoms with Crippen LogP contribution in [0.4, 0.5) is 0 Å². The van der Waals surface area contributed by atoms with E-state index in [9.17, 15) is 0 Å². The quantitative estimate of drug-likeness (QED) is 0.737. The van der Waals surface area contributed by atoms with Crippen molar-refractivity contribution in [2.75, 3.05) is 20.2 Å². The van der Waals surface area contributed by atoms with Gasteiger partial charge in [-0.05, 0) is 37.1 Å². The van der Waals surface area contributed by atoms with Crippen molar-refractivity contribution in [3.8, 4) is 5.75 Å². The number of hydrogen-bond acceptors (Lipinski definition) is 2. The average Bonchev–Trinajstić information content (AvgIpc) is 2.34. The van der Waals surface area contributed by atoms with E-state index >= 15 is 0 Å². The number of rotatable bonds is 3. The van der Waals surface area contributed by atoms with Crippen molar-refractivity contribution in [2.45, 2.75) is 24.7 Å². The van der Waals surface area contributed by atoms with E-state index < -0.39 is 0 Å². The molecule has 2 unspecified atom stereocenters. The molecule has 2 rings (SSSR count). The summed E-state index contributed by atoms with van der Waals surface area (Å²) in [6.45, 7) is 5.55. The number of halogens is 2. The lowest BCUT2D eigenvalue weighted by atomic mass is 9.98. The van der Waals surface area contributed by atoms with Gasteiger partial charge in [-0.2, -0.15) is 0 Å². The Kier molecular flexibility index (Phi) is 5.10. The van der Waals surface area contributed by atoms with Gasteiger partial charge in [0.2, 0.25) is 0 Å². The third-order valence-electron chi connectivity index (χ3n) is 3.59. The molecule has 0 radical (unpaired) electrons. The summed E-state index contributed by atoms with van der Waals surface area (Å²) in [6.07, 6.45) is 1.26. The first kappa shape index (κ1) is 14.4. The lowest BCUT2D eigenvalue weighted by Gasteiger charge is -2.34. The minimum absolute atomic E-state index is 0.601. The zero-order chi connectivity index (χ0) is 13.1. The number of ether oxygens (including phenoxy) is 1. The highest BCUT2D eigenvalue weighted by Crippen LogP contribution is 2.28. The van der Waals surface area contributed by atoms with E-state index in [-0.39, 0.29) is 0 Å². The van der Waals surface area contributed by atoms with Crippen LogP contribution in [-0.2, 0) is 6.54 Å². The zero-order valence-corrected chi connectivity index (χ0v) is 14.0. The molecule has 1 saturated heterocycles. The van der Waals surface area contributed by atoms with Gasteiger partial charge < -0.3 is 4.74 Å². The molecule has 1 aromatic carbocycles. The number of alkyl halides is 1. The van der Waals surface area contributed by atoms with Gasteiger partial charge in [0, 0.05) is 28.0 Å². The first-order valence-electron chi connectivity index (χ1n) is 6.29. The number of benzene rings is 1. The molecule has 0 bridgehead atoms. The van der Waals surface area contributed by atoms with E-state index in [1.165, 1.54) is 18.5 Å². The minimum atomic E-state index is 0.601. The highest BCUT2D eigenvalue weighted by atomic mass is 79.9. The second-order valence-corrected chi connectivity index (χ2v) is 7.07. The van der Waals surface area contributed by atoms with Crippen molar-refractivity contribution < 1.29 is 4.74 Å². The Hall–Kier alpha value is -0.0600. The van der Waals surface area contributed by atoms with Crippen LogP contribution in [0.15, 0.2) is 22.7 Å². The maximum absolute atomic E-state index is 5.43. The van der Waals surface area contributed by atoms with Crippen molar-refractivity contribution >= 4 is 31.9 Å². The van der Waals surface area contributed by atoms with Gasteiger partial charge in [-0.3, -0.25) is 4.90 Å². The van der Waals surface area contributed by atoms with Gasteiger partial charge in [0.25, 0.3) is 0 Å². The van der Waals surface area contributed by atoms with Crippen molar-refractivity contribution in [1.29, 1.82) is 0 Å². The van der Waals surface area contributed by atoms with Crippen molar-refractivity contribution in [3.05, 3.63) is 28.2 Å². The van der Waals surface area contributed by atoms with E-state index in [4.69, 9.17) is 4.74 Å². The first-order chi connectivity index (χ1) is 8.60. The molecule has 0 saturated carbocycles. The molecular weight excluding hydrogens is 358 g/mol. The third-order valence-corrected chi connectivity index (χ3v) is 5.27. The van der Waals surface area contributed by atoms with Gasteiger partial charge in [-0.25, -0.2) is 0 Å². The van der Waals surface area contributed by atoms with E-state index in [1.807, 2.05) is 12.1 Å². The first-order valence-corrected chi connectivity index (χ1v) is 8.00.